The molecule has 25 heavy (non-hydrogen) atoms. The van der Waals surface area contributed by atoms with Crippen molar-refractivity contribution in [2.24, 2.45) is 0 Å². The molecule has 0 spiro atoms. The van der Waals surface area contributed by atoms with Gasteiger partial charge in [0.2, 0.25) is 5.91 Å². The average Bonchev–Trinajstić information content (AvgIpc) is 2.57. The van der Waals surface area contributed by atoms with Crippen LogP contribution in [0.4, 0.5) is 10.1 Å². The summed E-state index contributed by atoms with van der Waals surface area (Å²) in [6.45, 7) is 2.05. The molecule has 0 aliphatic carbocycles. The number of nitrogens with one attached hydrogen (secondary N) is 1. The molecular weight excluding hydrogens is 327 g/mol. The van der Waals surface area contributed by atoms with Crippen molar-refractivity contribution < 1.29 is 18.8 Å². The fraction of sp³-hybridized carbons (Fsp3) is 0.278. The number of benzene rings is 2. The Balaban J connectivity index is 1.76. The first-order valence-corrected chi connectivity index (χ1v) is 7.90. The van der Waals surface area contributed by atoms with Gasteiger partial charge in [-0.1, -0.05) is 12.1 Å². The number of hydrogen-bond donors (Lipinski definition) is 1. The molecule has 0 fully saturated rings. The number of fused-ring (bicyclic) bond motifs is 1. The molecule has 7 heteroatoms. The lowest BCUT2D eigenvalue weighted by Crippen LogP contribution is -2.33. The average molecular weight is 344 g/mol. The Morgan fingerprint density at radius 2 is 2.20 bits per heavy atom. The molecule has 1 N–H and O–H groups in total. The van der Waals surface area contributed by atoms with Gasteiger partial charge in [0.05, 0.1) is 24.0 Å². The Morgan fingerprint density at radius 3 is 2.96 bits per heavy atom. The summed E-state index contributed by atoms with van der Waals surface area (Å²) in [5.74, 6) is -0.104. The highest BCUT2D eigenvalue weighted by Crippen LogP contribution is 2.32. The maximum absolute atomic E-state index is 13.5. The van der Waals surface area contributed by atoms with Crippen LogP contribution in [0, 0.1) is 22.9 Å². The fourth-order valence-corrected chi connectivity index (χ4v) is 2.99. The third-order valence-electron chi connectivity index (χ3n) is 4.31. The first kappa shape index (κ1) is 16.9. The Kier molecular flexibility index (Phi) is 4.65. The highest BCUT2D eigenvalue weighted by Gasteiger charge is 2.24. The molecule has 0 saturated heterocycles. The minimum absolute atomic E-state index is 0.0104. The lowest BCUT2D eigenvalue weighted by molar-refractivity contribution is -0.385. The highest BCUT2D eigenvalue weighted by molar-refractivity contribution is 5.80. The van der Waals surface area contributed by atoms with Crippen molar-refractivity contribution in [3.8, 4) is 5.75 Å². The summed E-state index contributed by atoms with van der Waals surface area (Å²) in [6.07, 6.45) is 0.561. The van der Waals surface area contributed by atoms with Crippen molar-refractivity contribution in [3.63, 3.8) is 0 Å². The molecule has 130 valence electrons. The van der Waals surface area contributed by atoms with Crippen LogP contribution >= 0.6 is 0 Å². The van der Waals surface area contributed by atoms with E-state index in [4.69, 9.17) is 4.74 Å². The van der Waals surface area contributed by atoms with E-state index in [0.29, 0.717) is 35.5 Å². The normalized spacial score (nSPS) is 15.8. The smallest absolute Gasteiger partial charge is 0.272 e. The highest BCUT2D eigenvalue weighted by atomic mass is 19.1. The van der Waals surface area contributed by atoms with Crippen LogP contribution in [-0.2, 0) is 11.2 Å². The van der Waals surface area contributed by atoms with Crippen molar-refractivity contribution in [2.45, 2.75) is 25.8 Å². The van der Waals surface area contributed by atoms with Crippen molar-refractivity contribution in [1.82, 2.24) is 5.32 Å². The van der Waals surface area contributed by atoms with Gasteiger partial charge in [-0.2, -0.15) is 0 Å². The molecule has 0 unspecified atom stereocenters. The molecule has 1 atom stereocenters. The summed E-state index contributed by atoms with van der Waals surface area (Å²) >= 11 is 0. The van der Waals surface area contributed by atoms with E-state index in [1.165, 1.54) is 18.2 Å². The van der Waals surface area contributed by atoms with Crippen LogP contribution in [0.1, 0.15) is 29.2 Å². The van der Waals surface area contributed by atoms with Crippen LogP contribution in [0.5, 0.6) is 5.75 Å². The zero-order chi connectivity index (χ0) is 18.0. The van der Waals surface area contributed by atoms with Crippen LogP contribution in [0.3, 0.4) is 0 Å². The molecule has 2 aromatic carbocycles. The molecule has 1 aliphatic heterocycles. The number of amides is 1. The number of nitrogens with zero attached hydrogens (tertiary/aromatic N) is 1. The van der Waals surface area contributed by atoms with Crippen molar-refractivity contribution >= 4 is 11.6 Å². The van der Waals surface area contributed by atoms with E-state index in [-0.39, 0.29) is 24.1 Å². The van der Waals surface area contributed by atoms with Gasteiger partial charge >= 0.3 is 0 Å². The van der Waals surface area contributed by atoms with Crippen molar-refractivity contribution in [2.75, 3.05) is 6.61 Å². The molecule has 0 radical (unpaired) electrons. The first-order chi connectivity index (χ1) is 12.0. The number of rotatable bonds is 4. The van der Waals surface area contributed by atoms with Gasteiger partial charge in [-0.15, -0.1) is 0 Å². The second-order valence-electron chi connectivity index (χ2n) is 5.93. The Hall–Kier alpha value is -2.96. The molecule has 1 aliphatic rings. The maximum atomic E-state index is 13.5. The molecule has 1 amide bonds. The fourth-order valence-electron chi connectivity index (χ4n) is 2.99. The van der Waals surface area contributed by atoms with Gasteiger partial charge in [0.25, 0.3) is 5.69 Å². The second-order valence-corrected chi connectivity index (χ2v) is 5.93. The molecule has 1 heterocycles. The lowest BCUT2D eigenvalue weighted by Gasteiger charge is -2.26. The van der Waals surface area contributed by atoms with Crippen molar-refractivity contribution in [3.05, 3.63) is 69.0 Å². The van der Waals surface area contributed by atoms with Crippen LogP contribution in [-0.4, -0.2) is 17.4 Å². The van der Waals surface area contributed by atoms with Gasteiger partial charge in [0.15, 0.2) is 0 Å². The van der Waals surface area contributed by atoms with Crippen molar-refractivity contribution in [1.29, 1.82) is 0 Å². The Labute approximate surface area is 143 Å². The third kappa shape index (κ3) is 3.60. The number of hydrogen-bond acceptors (Lipinski definition) is 4. The zero-order valence-electron chi connectivity index (χ0n) is 13.6. The van der Waals surface area contributed by atoms with Crippen LogP contribution in [0.25, 0.3) is 0 Å². The van der Waals surface area contributed by atoms with Gasteiger partial charge in [0.1, 0.15) is 11.6 Å². The number of carbonyl (C=O) groups excluding carboxylic acids is 1. The van der Waals surface area contributed by atoms with Gasteiger partial charge in [-0.05, 0) is 30.7 Å². The minimum Gasteiger partial charge on any atom is -0.493 e. The summed E-state index contributed by atoms with van der Waals surface area (Å²) in [4.78, 5) is 22.9. The molecule has 0 bridgehead atoms. The minimum atomic E-state index is -0.464. The number of nitro groups is 1. The second kappa shape index (κ2) is 6.88. The topological polar surface area (TPSA) is 81.5 Å². The van der Waals surface area contributed by atoms with E-state index in [1.807, 2.05) is 0 Å². The molecule has 0 saturated carbocycles. The summed E-state index contributed by atoms with van der Waals surface area (Å²) in [5.41, 5.74) is 1.67. The number of carbonyl (C=O) groups is 1. The van der Waals surface area contributed by atoms with E-state index in [0.717, 1.165) is 0 Å². The third-order valence-corrected chi connectivity index (χ3v) is 4.31. The number of halogens is 1. The van der Waals surface area contributed by atoms with Gasteiger partial charge < -0.3 is 10.1 Å². The SMILES string of the molecule is Cc1c(CC(=O)N[C@@H]2CCOc3ccc(F)cc32)cccc1[N+](=O)[O-]. The molecule has 2 aromatic rings. The lowest BCUT2D eigenvalue weighted by atomic mass is 9.99. The van der Waals surface area contributed by atoms with E-state index >= 15 is 0 Å². The van der Waals surface area contributed by atoms with E-state index in [1.54, 1.807) is 25.1 Å². The summed E-state index contributed by atoms with van der Waals surface area (Å²) in [7, 11) is 0. The van der Waals surface area contributed by atoms with Crippen LogP contribution in [0.15, 0.2) is 36.4 Å². The maximum Gasteiger partial charge on any atom is 0.272 e. The summed E-state index contributed by atoms with van der Waals surface area (Å²) < 4.78 is 19.0. The standard InChI is InChI=1S/C18H17FN2O4/c1-11-12(3-2-4-16(11)21(23)24)9-18(22)20-15-7-8-25-17-6-5-13(19)10-14(15)17/h2-6,10,15H,7-9H2,1H3,(H,20,22)/t15-/m1/s1. The zero-order valence-corrected chi connectivity index (χ0v) is 13.6. The monoisotopic (exact) mass is 344 g/mol. The molecule has 3 rings (SSSR count). The Morgan fingerprint density at radius 1 is 1.40 bits per heavy atom. The van der Waals surface area contributed by atoms with Gasteiger partial charge in [-0.3, -0.25) is 14.9 Å². The quantitative estimate of drug-likeness (QED) is 0.682. The molecular formula is C18H17FN2O4. The molecule has 0 aromatic heterocycles. The largest absolute Gasteiger partial charge is 0.493 e. The Bertz CT molecular complexity index is 838. The number of ether oxygens (including phenoxy) is 1. The van der Waals surface area contributed by atoms with E-state index in [9.17, 15) is 19.3 Å². The van der Waals surface area contributed by atoms with Crippen LogP contribution in [0.2, 0.25) is 0 Å². The van der Waals surface area contributed by atoms with E-state index < -0.39 is 10.7 Å². The summed E-state index contributed by atoms with van der Waals surface area (Å²) in [6, 6.07) is 8.55. The molecule has 6 nitrogen and oxygen atoms in total. The first-order valence-electron chi connectivity index (χ1n) is 7.90. The summed E-state index contributed by atoms with van der Waals surface area (Å²) in [5, 5.41) is 13.9. The number of nitro benzene ring substituents is 1. The van der Waals surface area contributed by atoms with Gasteiger partial charge in [0, 0.05) is 23.6 Å². The van der Waals surface area contributed by atoms with Gasteiger partial charge in [-0.25, -0.2) is 4.39 Å². The predicted molar refractivity (Wildman–Crippen MR) is 88.9 cm³/mol. The predicted octanol–water partition coefficient (Wildman–Crippen LogP) is 3.22. The van der Waals surface area contributed by atoms with E-state index in [2.05, 4.69) is 5.32 Å². The van der Waals surface area contributed by atoms with Crippen LogP contribution < -0.4 is 10.1 Å².